The largest absolute Gasteiger partial charge is 0.493 e. The Kier molecular flexibility index (Phi) is 6.16. The van der Waals surface area contributed by atoms with Gasteiger partial charge >= 0.3 is 0 Å². The lowest BCUT2D eigenvalue weighted by Gasteiger charge is -2.16. The Hall–Kier alpha value is -2.64. The minimum absolute atomic E-state index is 0.364. The van der Waals surface area contributed by atoms with Crippen molar-refractivity contribution in [1.29, 1.82) is 0 Å². The van der Waals surface area contributed by atoms with Crippen LogP contribution in [0.25, 0.3) is 22.6 Å². The van der Waals surface area contributed by atoms with Crippen molar-refractivity contribution >= 4 is 13.9 Å². The van der Waals surface area contributed by atoms with Gasteiger partial charge in [0.2, 0.25) is 0 Å². The van der Waals surface area contributed by atoms with E-state index in [0.717, 1.165) is 35.3 Å². The quantitative estimate of drug-likeness (QED) is 0.448. The van der Waals surface area contributed by atoms with Crippen molar-refractivity contribution in [2.75, 3.05) is 19.5 Å². The highest BCUT2D eigenvalue weighted by Gasteiger charge is 2.15. The maximum Gasteiger partial charge on any atom is 0.166 e. The number of methoxy groups -OCH3 is 1. The van der Waals surface area contributed by atoms with E-state index in [1.807, 2.05) is 47.2 Å². The van der Waals surface area contributed by atoms with Crippen LogP contribution >= 0.6 is 0 Å². The van der Waals surface area contributed by atoms with E-state index in [-0.39, 0.29) is 0 Å². The molecule has 0 atom stereocenters. The average molecular weight is 397 g/mol. The summed E-state index contributed by atoms with van der Waals surface area (Å²) in [6.07, 6.45) is 3.70. The molecule has 3 aromatic rings. The number of aromatic nitrogens is 3. The molecule has 148 valence electrons. The third kappa shape index (κ3) is 4.99. The molecule has 28 heavy (non-hydrogen) atoms. The van der Waals surface area contributed by atoms with Gasteiger partial charge in [0.05, 0.1) is 12.8 Å². The van der Waals surface area contributed by atoms with E-state index in [1.54, 1.807) is 13.3 Å². The van der Waals surface area contributed by atoms with Crippen LogP contribution in [-0.2, 0) is 11.5 Å². The molecular formula is C21H28N4O2Si. The van der Waals surface area contributed by atoms with Crippen molar-refractivity contribution in [3.63, 3.8) is 0 Å². The van der Waals surface area contributed by atoms with Gasteiger partial charge in [0.15, 0.2) is 11.6 Å². The van der Waals surface area contributed by atoms with Crippen molar-refractivity contribution in [3.8, 4) is 28.4 Å². The summed E-state index contributed by atoms with van der Waals surface area (Å²) in [5, 5.41) is 0. The van der Waals surface area contributed by atoms with Crippen LogP contribution < -0.4 is 10.5 Å². The van der Waals surface area contributed by atoms with Gasteiger partial charge in [0, 0.05) is 38.2 Å². The number of imidazole rings is 1. The first-order chi connectivity index (χ1) is 13.4. The highest BCUT2D eigenvalue weighted by molar-refractivity contribution is 6.76. The number of ether oxygens (including phenoxy) is 2. The summed E-state index contributed by atoms with van der Waals surface area (Å²) in [5.41, 5.74) is 8.54. The number of rotatable bonds is 8. The molecule has 0 fully saturated rings. The minimum atomic E-state index is -1.12. The number of benzene rings is 1. The van der Waals surface area contributed by atoms with Crippen LogP contribution in [0.1, 0.15) is 0 Å². The summed E-state index contributed by atoms with van der Waals surface area (Å²) in [4.78, 5) is 9.06. The average Bonchev–Trinajstić information content (AvgIpc) is 3.10. The van der Waals surface area contributed by atoms with E-state index < -0.39 is 8.07 Å². The molecular weight excluding hydrogens is 368 g/mol. The smallest absolute Gasteiger partial charge is 0.166 e. The van der Waals surface area contributed by atoms with Gasteiger partial charge in [-0.1, -0.05) is 50.0 Å². The summed E-state index contributed by atoms with van der Waals surface area (Å²) in [7, 11) is 0.461. The van der Waals surface area contributed by atoms with E-state index >= 15 is 0 Å². The molecule has 0 saturated heterocycles. The molecule has 2 heterocycles. The van der Waals surface area contributed by atoms with Crippen molar-refractivity contribution in [2.24, 2.45) is 0 Å². The summed E-state index contributed by atoms with van der Waals surface area (Å²) in [6.45, 7) is 8.27. The van der Waals surface area contributed by atoms with Crippen molar-refractivity contribution < 1.29 is 9.47 Å². The molecule has 0 spiro atoms. The fourth-order valence-corrected chi connectivity index (χ4v) is 3.53. The van der Waals surface area contributed by atoms with Crippen LogP contribution in [0.15, 0.2) is 48.8 Å². The van der Waals surface area contributed by atoms with E-state index in [0.29, 0.717) is 18.3 Å². The molecule has 6 nitrogen and oxygen atoms in total. The fourth-order valence-electron chi connectivity index (χ4n) is 2.77. The number of nitrogen functional groups attached to an aromatic ring is 1. The van der Waals surface area contributed by atoms with E-state index in [1.165, 1.54) is 0 Å². The van der Waals surface area contributed by atoms with Gasteiger partial charge in [-0.25, -0.2) is 9.97 Å². The van der Waals surface area contributed by atoms with E-state index in [2.05, 4.69) is 24.6 Å². The van der Waals surface area contributed by atoms with Gasteiger partial charge in [-0.3, -0.25) is 0 Å². The minimum Gasteiger partial charge on any atom is -0.493 e. The molecule has 3 rings (SSSR count). The van der Waals surface area contributed by atoms with Gasteiger partial charge in [-0.05, 0) is 12.1 Å². The third-order valence-corrected chi connectivity index (χ3v) is 6.14. The Morgan fingerprint density at radius 3 is 2.54 bits per heavy atom. The Morgan fingerprint density at radius 2 is 1.86 bits per heavy atom. The molecule has 0 saturated carbocycles. The molecule has 0 unspecified atom stereocenters. The zero-order valence-electron chi connectivity index (χ0n) is 17.0. The van der Waals surface area contributed by atoms with Crippen LogP contribution in [0.2, 0.25) is 25.7 Å². The number of nitrogens with zero attached hydrogens (tertiary/aromatic N) is 3. The topological polar surface area (TPSA) is 75.2 Å². The predicted molar refractivity (Wildman–Crippen MR) is 116 cm³/mol. The van der Waals surface area contributed by atoms with Crippen molar-refractivity contribution in [3.05, 3.63) is 48.8 Å². The van der Waals surface area contributed by atoms with Crippen LogP contribution in [0, 0.1) is 0 Å². The molecule has 0 aliphatic rings. The maximum atomic E-state index is 5.97. The highest BCUT2D eigenvalue weighted by atomic mass is 28.3. The Bertz CT molecular complexity index is 920. The SMILES string of the molecule is COc1cc(-c2cn(COCC[Si](C)(C)C)c(-c3ccccc3)n2)cnc1N. The van der Waals surface area contributed by atoms with Crippen LogP contribution in [0.4, 0.5) is 5.82 Å². The molecule has 2 aromatic heterocycles. The summed E-state index contributed by atoms with van der Waals surface area (Å²) in [5.74, 6) is 1.77. The Labute approximate surface area is 167 Å². The fraction of sp³-hybridized carbons (Fsp3) is 0.333. The van der Waals surface area contributed by atoms with Gasteiger partial charge in [0.1, 0.15) is 12.6 Å². The summed E-state index contributed by atoms with van der Waals surface area (Å²) >= 11 is 0. The first-order valence-corrected chi connectivity index (χ1v) is 13.1. The van der Waals surface area contributed by atoms with E-state index in [4.69, 9.17) is 20.2 Å². The molecule has 0 aliphatic heterocycles. The molecule has 0 bridgehead atoms. The van der Waals surface area contributed by atoms with Crippen molar-refractivity contribution in [1.82, 2.24) is 14.5 Å². The molecule has 0 radical (unpaired) electrons. The van der Waals surface area contributed by atoms with Crippen LogP contribution in [0.3, 0.4) is 0 Å². The van der Waals surface area contributed by atoms with Crippen LogP contribution in [-0.4, -0.2) is 36.3 Å². The van der Waals surface area contributed by atoms with Crippen molar-refractivity contribution in [2.45, 2.75) is 32.4 Å². The summed E-state index contributed by atoms with van der Waals surface area (Å²) in [6, 6.07) is 13.1. The number of pyridine rings is 1. The predicted octanol–water partition coefficient (Wildman–Crippen LogP) is 4.52. The lowest BCUT2D eigenvalue weighted by Crippen LogP contribution is -2.22. The molecule has 2 N–H and O–H groups in total. The second kappa shape index (κ2) is 8.58. The number of hydrogen-bond donors (Lipinski definition) is 1. The number of anilines is 1. The zero-order chi connectivity index (χ0) is 20.1. The molecule has 7 heteroatoms. The highest BCUT2D eigenvalue weighted by Crippen LogP contribution is 2.29. The third-order valence-electron chi connectivity index (χ3n) is 4.43. The number of hydrogen-bond acceptors (Lipinski definition) is 5. The van der Waals surface area contributed by atoms with Gasteiger partial charge in [0.25, 0.3) is 0 Å². The Balaban J connectivity index is 1.89. The normalized spacial score (nSPS) is 11.6. The van der Waals surface area contributed by atoms with Crippen LogP contribution in [0.5, 0.6) is 5.75 Å². The van der Waals surface area contributed by atoms with Gasteiger partial charge in [-0.15, -0.1) is 0 Å². The first-order valence-electron chi connectivity index (χ1n) is 9.37. The lowest BCUT2D eigenvalue weighted by molar-refractivity contribution is 0.0883. The Morgan fingerprint density at radius 1 is 1.11 bits per heavy atom. The second-order valence-corrected chi connectivity index (χ2v) is 13.6. The summed E-state index contributed by atoms with van der Waals surface area (Å²) < 4.78 is 13.3. The molecule has 1 aromatic carbocycles. The standard InChI is InChI=1S/C21H28N4O2Si/c1-26-19-12-17(13-23-20(19)22)18-14-25(15-27-10-11-28(2,3)4)21(24-18)16-8-6-5-7-9-16/h5-9,12-14H,10-11,15H2,1-4H3,(H2,22,23). The second-order valence-electron chi connectivity index (χ2n) is 7.95. The first kappa shape index (κ1) is 20.1. The van der Waals surface area contributed by atoms with Gasteiger partial charge < -0.3 is 19.8 Å². The number of nitrogens with two attached hydrogens (primary N) is 1. The monoisotopic (exact) mass is 396 g/mol. The zero-order valence-corrected chi connectivity index (χ0v) is 18.0. The van der Waals surface area contributed by atoms with Gasteiger partial charge in [-0.2, -0.15) is 0 Å². The lowest BCUT2D eigenvalue weighted by atomic mass is 10.2. The maximum absolute atomic E-state index is 5.97. The molecule has 0 aliphatic carbocycles. The molecule has 0 amide bonds. The van der Waals surface area contributed by atoms with E-state index in [9.17, 15) is 0 Å².